The minimum absolute atomic E-state index is 0.303. The highest BCUT2D eigenvalue weighted by molar-refractivity contribution is 6.61. The lowest BCUT2D eigenvalue weighted by Crippen LogP contribution is -2.50. The number of anilines is 1. The molecule has 0 aliphatic carbocycles. The fourth-order valence-electron chi connectivity index (χ4n) is 1.87. The molecule has 0 atom stereocenters. The third-order valence-electron chi connectivity index (χ3n) is 2.48. The van der Waals surface area contributed by atoms with Crippen LogP contribution in [0.4, 0.5) is 5.69 Å². The molecule has 74 valence electrons. The summed E-state index contributed by atoms with van der Waals surface area (Å²) >= 11 is 0. The van der Waals surface area contributed by atoms with Gasteiger partial charge in [-0.1, -0.05) is 6.07 Å². The molecule has 1 aromatic rings. The zero-order valence-corrected chi connectivity index (χ0v) is 8.45. The lowest BCUT2D eigenvalue weighted by atomic mass is 9.70. The average Bonchev–Trinajstić information content (AvgIpc) is 2.05. The van der Waals surface area contributed by atoms with Crippen molar-refractivity contribution in [3.63, 3.8) is 0 Å². The van der Waals surface area contributed by atoms with E-state index in [-0.39, 0.29) is 5.60 Å². The molecule has 3 nitrogen and oxygen atoms in total. The van der Waals surface area contributed by atoms with Gasteiger partial charge in [-0.2, -0.15) is 0 Å². The van der Waals surface area contributed by atoms with Gasteiger partial charge in [0.25, 0.3) is 0 Å². The summed E-state index contributed by atoms with van der Waals surface area (Å²) in [6.45, 7) is 3.94. The van der Waals surface area contributed by atoms with Crippen molar-refractivity contribution in [1.82, 2.24) is 0 Å². The van der Waals surface area contributed by atoms with Crippen LogP contribution in [0.3, 0.4) is 0 Å². The normalized spacial score (nSPS) is 19.2. The predicted octanol–water partition coefficient (Wildman–Crippen LogP) is 0.308. The van der Waals surface area contributed by atoms with Gasteiger partial charge in [0.1, 0.15) is 0 Å². The standard InChI is InChI=1S/C10H14BNO2/c1-10(2)6-7-3-4-8(12)5-9(7)11(13)14-10/h3-5,13H,6,12H2,1-2H3. The van der Waals surface area contributed by atoms with Crippen LogP contribution in [0.2, 0.25) is 0 Å². The number of rotatable bonds is 0. The molecular formula is C10H14BNO2. The summed E-state index contributed by atoms with van der Waals surface area (Å²) in [6.07, 6.45) is 0.805. The first kappa shape index (κ1) is 9.56. The molecule has 1 aromatic carbocycles. The summed E-state index contributed by atoms with van der Waals surface area (Å²) in [5.74, 6) is 0. The van der Waals surface area contributed by atoms with Gasteiger partial charge in [-0.05, 0) is 43.4 Å². The van der Waals surface area contributed by atoms with Crippen molar-refractivity contribution in [2.24, 2.45) is 0 Å². The number of nitrogens with two attached hydrogens (primary N) is 1. The van der Waals surface area contributed by atoms with E-state index in [0.717, 1.165) is 17.4 Å². The Bertz CT molecular complexity index is 365. The van der Waals surface area contributed by atoms with Gasteiger partial charge in [0.2, 0.25) is 0 Å². The van der Waals surface area contributed by atoms with Crippen LogP contribution < -0.4 is 11.2 Å². The topological polar surface area (TPSA) is 55.5 Å². The average molecular weight is 191 g/mol. The zero-order chi connectivity index (χ0) is 10.3. The Kier molecular flexibility index (Phi) is 2.05. The van der Waals surface area contributed by atoms with Gasteiger partial charge in [0.15, 0.2) is 0 Å². The molecule has 14 heavy (non-hydrogen) atoms. The summed E-state index contributed by atoms with van der Waals surface area (Å²) < 4.78 is 5.46. The van der Waals surface area contributed by atoms with Crippen molar-refractivity contribution in [2.75, 3.05) is 5.73 Å². The monoisotopic (exact) mass is 191 g/mol. The Morgan fingerprint density at radius 3 is 2.93 bits per heavy atom. The van der Waals surface area contributed by atoms with E-state index in [1.165, 1.54) is 0 Å². The fourth-order valence-corrected chi connectivity index (χ4v) is 1.87. The summed E-state index contributed by atoms with van der Waals surface area (Å²) in [4.78, 5) is 0. The van der Waals surface area contributed by atoms with Crippen molar-refractivity contribution in [2.45, 2.75) is 25.9 Å². The Morgan fingerprint density at radius 1 is 1.50 bits per heavy atom. The zero-order valence-electron chi connectivity index (χ0n) is 8.45. The largest absolute Gasteiger partial charge is 0.491 e. The molecule has 3 N–H and O–H groups in total. The maximum Gasteiger partial charge on any atom is 0.491 e. The molecule has 0 spiro atoms. The Labute approximate surface area is 84.0 Å². The van der Waals surface area contributed by atoms with Crippen LogP contribution in [0.15, 0.2) is 18.2 Å². The number of nitrogen functional groups attached to an aromatic ring is 1. The predicted molar refractivity (Wildman–Crippen MR) is 57.3 cm³/mol. The van der Waals surface area contributed by atoms with E-state index in [2.05, 4.69) is 0 Å². The van der Waals surface area contributed by atoms with Crippen LogP contribution in [-0.4, -0.2) is 17.7 Å². The van der Waals surface area contributed by atoms with Gasteiger partial charge < -0.3 is 15.4 Å². The fraction of sp³-hybridized carbons (Fsp3) is 0.400. The molecule has 0 unspecified atom stereocenters. The molecule has 1 aliphatic heterocycles. The SMILES string of the molecule is CC1(C)Cc2ccc(N)cc2B(O)O1. The summed E-state index contributed by atoms with van der Waals surface area (Å²) in [7, 11) is -0.850. The van der Waals surface area contributed by atoms with Crippen molar-refractivity contribution in [3.8, 4) is 0 Å². The second kappa shape index (κ2) is 3.00. The number of benzene rings is 1. The van der Waals surface area contributed by atoms with Crippen molar-refractivity contribution in [3.05, 3.63) is 23.8 Å². The van der Waals surface area contributed by atoms with Crippen molar-refractivity contribution >= 4 is 18.3 Å². The molecule has 0 fully saturated rings. The molecule has 1 heterocycles. The van der Waals surface area contributed by atoms with Crippen LogP contribution >= 0.6 is 0 Å². The molecule has 0 saturated carbocycles. The highest BCUT2D eigenvalue weighted by Crippen LogP contribution is 2.22. The molecule has 0 aromatic heterocycles. The molecule has 2 rings (SSSR count). The Hall–Kier alpha value is -0.995. The third kappa shape index (κ3) is 1.63. The molecule has 0 bridgehead atoms. The molecule has 0 saturated heterocycles. The molecule has 0 amide bonds. The van der Waals surface area contributed by atoms with Crippen LogP contribution in [0, 0.1) is 0 Å². The molecular weight excluding hydrogens is 177 g/mol. The Morgan fingerprint density at radius 2 is 2.21 bits per heavy atom. The van der Waals surface area contributed by atoms with E-state index < -0.39 is 7.12 Å². The van der Waals surface area contributed by atoms with Crippen molar-refractivity contribution in [1.29, 1.82) is 0 Å². The van der Waals surface area contributed by atoms with E-state index in [1.807, 2.05) is 26.0 Å². The lowest BCUT2D eigenvalue weighted by Gasteiger charge is -2.33. The van der Waals surface area contributed by atoms with Crippen molar-refractivity contribution < 1.29 is 9.68 Å². The van der Waals surface area contributed by atoms with Gasteiger partial charge >= 0.3 is 7.12 Å². The number of hydrogen-bond donors (Lipinski definition) is 2. The third-order valence-corrected chi connectivity index (χ3v) is 2.48. The Balaban J connectivity index is 2.45. The summed E-state index contributed by atoms with van der Waals surface area (Å²) in [5.41, 5.74) is 7.91. The van der Waals surface area contributed by atoms with Gasteiger partial charge in [0, 0.05) is 5.69 Å². The molecule has 4 heteroatoms. The molecule has 0 radical (unpaired) electrons. The maximum atomic E-state index is 9.74. The lowest BCUT2D eigenvalue weighted by molar-refractivity contribution is 0.0820. The van der Waals surface area contributed by atoms with Gasteiger partial charge in [0.05, 0.1) is 5.60 Å². The van der Waals surface area contributed by atoms with Gasteiger partial charge in [-0.3, -0.25) is 0 Å². The summed E-state index contributed by atoms with van der Waals surface area (Å²) in [5, 5.41) is 9.74. The van der Waals surface area contributed by atoms with Crippen LogP contribution in [-0.2, 0) is 11.1 Å². The van der Waals surface area contributed by atoms with Gasteiger partial charge in [-0.25, -0.2) is 0 Å². The highest BCUT2D eigenvalue weighted by atomic mass is 16.5. The minimum atomic E-state index is -0.850. The van der Waals surface area contributed by atoms with E-state index in [1.54, 1.807) is 6.07 Å². The van der Waals surface area contributed by atoms with Gasteiger partial charge in [-0.15, -0.1) is 0 Å². The first-order chi connectivity index (χ1) is 6.48. The first-order valence-corrected chi connectivity index (χ1v) is 4.72. The summed E-state index contributed by atoms with van der Waals surface area (Å²) in [6, 6.07) is 5.58. The second-order valence-corrected chi connectivity index (χ2v) is 4.36. The molecule has 1 aliphatic rings. The maximum absolute atomic E-state index is 9.74. The van der Waals surface area contributed by atoms with Crippen LogP contribution in [0.5, 0.6) is 0 Å². The van der Waals surface area contributed by atoms with Crippen LogP contribution in [0.25, 0.3) is 0 Å². The van der Waals surface area contributed by atoms with E-state index >= 15 is 0 Å². The van der Waals surface area contributed by atoms with E-state index in [0.29, 0.717) is 5.69 Å². The number of fused-ring (bicyclic) bond motifs is 1. The van der Waals surface area contributed by atoms with Crippen LogP contribution in [0.1, 0.15) is 19.4 Å². The highest BCUT2D eigenvalue weighted by Gasteiger charge is 2.35. The van der Waals surface area contributed by atoms with E-state index in [9.17, 15) is 5.02 Å². The minimum Gasteiger partial charge on any atom is -0.423 e. The number of hydrogen-bond acceptors (Lipinski definition) is 3. The van der Waals surface area contributed by atoms with E-state index in [4.69, 9.17) is 10.4 Å². The quantitative estimate of drug-likeness (QED) is 0.458. The second-order valence-electron chi connectivity index (χ2n) is 4.36. The first-order valence-electron chi connectivity index (χ1n) is 4.72. The smallest absolute Gasteiger partial charge is 0.423 e.